The van der Waals surface area contributed by atoms with E-state index in [1.54, 1.807) is 6.92 Å². The van der Waals surface area contributed by atoms with Gasteiger partial charge in [0.1, 0.15) is 16.3 Å². The molecule has 2 heterocycles. The zero-order valence-corrected chi connectivity index (χ0v) is 10.8. The molecule has 17 heavy (non-hydrogen) atoms. The summed E-state index contributed by atoms with van der Waals surface area (Å²) in [6.07, 6.45) is 0.353. The highest BCUT2D eigenvalue weighted by molar-refractivity contribution is 7.91. The molecule has 5 nitrogen and oxygen atoms in total. The van der Waals surface area contributed by atoms with Crippen LogP contribution in [0.2, 0.25) is 5.28 Å². The second-order valence-electron chi connectivity index (χ2n) is 3.54. The van der Waals surface area contributed by atoms with Gasteiger partial charge in [-0.15, -0.1) is 0 Å². The molecule has 0 radical (unpaired) electrons. The highest BCUT2D eigenvalue weighted by Gasteiger charge is 2.33. The lowest BCUT2D eigenvalue weighted by Crippen LogP contribution is -2.07. The van der Waals surface area contributed by atoms with Gasteiger partial charge < -0.3 is 4.74 Å². The quantitative estimate of drug-likeness (QED) is 0.617. The largest absolute Gasteiger partial charge is 0.492 e. The molecule has 0 atom stereocenters. The Hall–Kier alpha value is -1.14. The predicted molar refractivity (Wildman–Crippen MR) is 63.5 cm³/mol. The van der Waals surface area contributed by atoms with E-state index in [1.807, 2.05) is 0 Å². The fraction of sp³-hybridized carbons (Fsp3) is 0.400. The minimum atomic E-state index is -3.34. The topological polar surface area (TPSA) is 69.2 Å². The number of aromatic nitrogens is 2. The van der Waals surface area contributed by atoms with E-state index in [2.05, 4.69) is 16.5 Å². The van der Waals surface area contributed by atoms with Crippen LogP contribution >= 0.6 is 11.6 Å². The van der Waals surface area contributed by atoms with Crippen molar-refractivity contribution in [2.45, 2.75) is 18.2 Å². The van der Waals surface area contributed by atoms with Crippen LogP contribution in [-0.2, 0) is 21.0 Å². The van der Waals surface area contributed by atoms with E-state index in [4.69, 9.17) is 16.3 Å². The van der Waals surface area contributed by atoms with Gasteiger partial charge >= 0.3 is 0 Å². The van der Waals surface area contributed by atoms with Crippen molar-refractivity contribution >= 4 is 27.2 Å². The van der Waals surface area contributed by atoms with Crippen LogP contribution in [0.3, 0.4) is 0 Å². The van der Waals surface area contributed by atoms with Crippen LogP contribution in [0.1, 0.15) is 18.3 Å². The molecule has 0 aliphatic carbocycles. The van der Waals surface area contributed by atoms with Gasteiger partial charge in [-0.3, -0.25) is 0 Å². The van der Waals surface area contributed by atoms with Crippen LogP contribution in [0.4, 0.5) is 0 Å². The molecule has 0 unspecified atom stereocenters. The third-order valence-electron chi connectivity index (χ3n) is 2.41. The number of hydrogen-bond acceptors (Lipinski definition) is 5. The van der Waals surface area contributed by atoms with Crippen LogP contribution < -0.4 is 0 Å². The first-order valence-electron chi connectivity index (χ1n) is 5.07. The Balaban J connectivity index is 2.64. The standard InChI is InChI=1S/C10H11ClN2O3S/c1-3-16-6(2)8-9-7(12-10(11)13-8)4-5-17(9,14)15/h2-5H2,1H3. The number of rotatable bonds is 3. The van der Waals surface area contributed by atoms with Gasteiger partial charge in [0, 0.05) is 6.42 Å². The summed E-state index contributed by atoms with van der Waals surface area (Å²) < 4.78 is 28.9. The maximum Gasteiger partial charge on any atom is 0.223 e. The first-order valence-corrected chi connectivity index (χ1v) is 7.10. The van der Waals surface area contributed by atoms with E-state index < -0.39 is 9.84 Å². The zero-order chi connectivity index (χ0) is 12.6. The fourth-order valence-corrected chi connectivity index (χ4v) is 3.54. The molecule has 1 aliphatic heterocycles. The Labute approximate surface area is 104 Å². The molecule has 0 bridgehead atoms. The van der Waals surface area contributed by atoms with Gasteiger partial charge in [-0.1, -0.05) is 6.58 Å². The molecule has 0 saturated carbocycles. The molecule has 0 amide bonds. The smallest absolute Gasteiger partial charge is 0.223 e. The summed E-state index contributed by atoms with van der Waals surface area (Å²) in [5.41, 5.74) is 0.625. The molecule has 1 aromatic heterocycles. The van der Waals surface area contributed by atoms with Crippen molar-refractivity contribution in [1.29, 1.82) is 0 Å². The molecular formula is C10H11ClN2O3S. The minimum Gasteiger partial charge on any atom is -0.492 e. The Morgan fingerprint density at radius 2 is 2.24 bits per heavy atom. The SMILES string of the molecule is C=C(OCC)c1nc(Cl)nc2c1S(=O)(=O)CC2. The molecule has 2 rings (SSSR count). The van der Waals surface area contributed by atoms with E-state index >= 15 is 0 Å². The number of ether oxygens (including phenoxy) is 1. The summed E-state index contributed by atoms with van der Waals surface area (Å²) in [5.74, 6) is 0.238. The number of sulfone groups is 1. The van der Waals surface area contributed by atoms with E-state index in [9.17, 15) is 8.42 Å². The Bertz CT molecular complexity index is 583. The first kappa shape index (κ1) is 12.3. The summed E-state index contributed by atoms with van der Waals surface area (Å²) in [6, 6.07) is 0. The van der Waals surface area contributed by atoms with Gasteiger partial charge in [0.05, 0.1) is 18.1 Å². The third-order valence-corrected chi connectivity index (χ3v) is 4.37. The third kappa shape index (κ3) is 2.14. The molecular weight excluding hydrogens is 264 g/mol. The zero-order valence-electron chi connectivity index (χ0n) is 9.23. The molecule has 1 aliphatic rings. The van der Waals surface area contributed by atoms with Crippen LogP contribution in [0, 0.1) is 0 Å². The molecule has 92 valence electrons. The summed E-state index contributed by atoms with van der Waals surface area (Å²) >= 11 is 5.75. The van der Waals surface area contributed by atoms with Crippen molar-refractivity contribution in [2.75, 3.05) is 12.4 Å². The molecule has 0 saturated heterocycles. The maximum atomic E-state index is 11.9. The lowest BCUT2D eigenvalue weighted by molar-refractivity contribution is 0.296. The average molecular weight is 275 g/mol. The van der Waals surface area contributed by atoms with Gasteiger partial charge in [-0.05, 0) is 18.5 Å². The van der Waals surface area contributed by atoms with Crippen molar-refractivity contribution in [3.8, 4) is 0 Å². The second kappa shape index (κ2) is 4.27. The lowest BCUT2D eigenvalue weighted by atomic mass is 10.2. The van der Waals surface area contributed by atoms with Gasteiger partial charge in [0.25, 0.3) is 0 Å². The Morgan fingerprint density at radius 1 is 1.53 bits per heavy atom. The van der Waals surface area contributed by atoms with Crippen molar-refractivity contribution in [1.82, 2.24) is 9.97 Å². The minimum absolute atomic E-state index is 0.0108. The number of hydrogen-bond donors (Lipinski definition) is 0. The summed E-state index contributed by atoms with van der Waals surface area (Å²) in [6.45, 7) is 5.83. The number of fused-ring (bicyclic) bond motifs is 1. The number of nitrogens with zero attached hydrogens (tertiary/aromatic N) is 2. The van der Waals surface area contributed by atoms with E-state index in [0.717, 1.165) is 0 Å². The van der Waals surface area contributed by atoms with E-state index in [1.165, 1.54) is 0 Å². The van der Waals surface area contributed by atoms with Crippen LogP contribution in [0.5, 0.6) is 0 Å². The normalized spacial score (nSPS) is 16.6. The van der Waals surface area contributed by atoms with Gasteiger partial charge in [-0.25, -0.2) is 18.4 Å². The van der Waals surface area contributed by atoms with Crippen molar-refractivity contribution in [3.05, 3.63) is 23.3 Å². The summed E-state index contributed by atoms with van der Waals surface area (Å²) in [7, 11) is -3.34. The number of aryl methyl sites for hydroxylation is 1. The highest BCUT2D eigenvalue weighted by atomic mass is 35.5. The van der Waals surface area contributed by atoms with Crippen molar-refractivity contribution in [3.63, 3.8) is 0 Å². The molecule has 1 aromatic rings. The fourth-order valence-electron chi connectivity index (χ4n) is 1.73. The molecule has 0 spiro atoms. The first-order chi connectivity index (χ1) is 7.95. The lowest BCUT2D eigenvalue weighted by Gasteiger charge is -2.10. The van der Waals surface area contributed by atoms with Crippen molar-refractivity contribution in [2.24, 2.45) is 0 Å². The van der Waals surface area contributed by atoms with Crippen LogP contribution in [-0.4, -0.2) is 30.7 Å². The molecule has 0 N–H and O–H groups in total. The predicted octanol–water partition coefficient (Wildman–Crippen LogP) is 1.47. The van der Waals surface area contributed by atoms with Gasteiger partial charge in [0.15, 0.2) is 9.84 Å². The maximum absolute atomic E-state index is 11.9. The van der Waals surface area contributed by atoms with E-state index in [0.29, 0.717) is 18.7 Å². The Morgan fingerprint density at radius 3 is 2.88 bits per heavy atom. The molecule has 0 aromatic carbocycles. The van der Waals surface area contributed by atoms with Crippen molar-refractivity contribution < 1.29 is 13.2 Å². The molecule has 0 fully saturated rings. The van der Waals surface area contributed by atoms with Crippen LogP contribution in [0.25, 0.3) is 5.76 Å². The second-order valence-corrected chi connectivity index (χ2v) is 5.93. The summed E-state index contributed by atoms with van der Waals surface area (Å²) in [5, 5.41) is 0.0108. The summed E-state index contributed by atoms with van der Waals surface area (Å²) in [4.78, 5) is 7.95. The Kier molecular flexibility index (Phi) is 3.09. The van der Waals surface area contributed by atoms with E-state index in [-0.39, 0.29) is 27.4 Å². The average Bonchev–Trinajstić information content (AvgIpc) is 2.54. The molecule has 7 heteroatoms. The number of halogens is 1. The van der Waals surface area contributed by atoms with Gasteiger partial charge in [0.2, 0.25) is 5.28 Å². The monoisotopic (exact) mass is 274 g/mol. The van der Waals surface area contributed by atoms with Gasteiger partial charge in [-0.2, -0.15) is 0 Å². The highest BCUT2D eigenvalue weighted by Crippen LogP contribution is 2.31. The van der Waals surface area contributed by atoms with Crippen LogP contribution in [0.15, 0.2) is 11.5 Å².